The number of benzene rings is 1. The molecule has 0 aliphatic carbocycles. The molecule has 0 heterocycles. The van der Waals surface area contributed by atoms with E-state index in [9.17, 15) is 5.11 Å². The van der Waals surface area contributed by atoms with Gasteiger partial charge in [0.2, 0.25) is 0 Å². The van der Waals surface area contributed by atoms with E-state index in [1.54, 1.807) is 7.11 Å². The van der Waals surface area contributed by atoms with Gasteiger partial charge in [-0.3, -0.25) is 0 Å². The van der Waals surface area contributed by atoms with E-state index in [1.165, 1.54) is 0 Å². The van der Waals surface area contributed by atoms with Gasteiger partial charge in [-0.05, 0) is 19.1 Å². The average Bonchev–Trinajstić information content (AvgIpc) is 2.30. The van der Waals surface area contributed by atoms with Crippen molar-refractivity contribution in [3.05, 3.63) is 30.3 Å². The Hall–Kier alpha value is -1.10. The van der Waals surface area contributed by atoms with Crippen LogP contribution in [0, 0.1) is 0 Å². The predicted octanol–water partition coefficient (Wildman–Crippen LogP) is 1.86. The molecule has 4 heteroatoms. The van der Waals surface area contributed by atoms with Crippen LogP contribution in [0.25, 0.3) is 0 Å². The first-order chi connectivity index (χ1) is 8.22. The molecule has 96 valence electrons. The van der Waals surface area contributed by atoms with E-state index in [4.69, 9.17) is 9.47 Å². The number of hydrogen-bond donors (Lipinski definition) is 2. The highest BCUT2D eigenvalue weighted by Crippen LogP contribution is 2.10. The fourth-order valence-electron chi connectivity index (χ4n) is 1.52. The fourth-order valence-corrected chi connectivity index (χ4v) is 1.52. The van der Waals surface area contributed by atoms with Gasteiger partial charge < -0.3 is 19.9 Å². The van der Waals surface area contributed by atoms with Gasteiger partial charge in [0.05, 0.1) is 13.2 Å². The van der Waals surface area contributed by atoms with E-state index < -0.39 is 6.29 Å². The summed E-state index contributed by atoms with van der Waals surface area (Å²) >= 11 is 0. The van der Waals surface area contributed by atoms with Crippen molar-refractivity contribution in [2.24, 2.45) is 0 Å². The van der Waals surface area contributed by atoms with Crippen LogP contribution in [-0.2, 0) is 9.47 Å². The van der Waals surface area contributed by atoms with Gasteiger partial charge >= 0.3 is 0 Å². The molecule has 2 atom stereocenters. The Labute approximate surface area is 103 Å². The molecule has 0 aliphatic rings. The van der Waals surface area contributed by atoms with Crippen molar-refractivity contribution in [1.29, 1.82) is 0 Å². The third-order valence-corrected chi connectivity index (χ3v) is 2.34. The number of aliphatic hydroxyl groups is 1. The lowest BCUT2D eigenvalue weighted by atomic mass is 10.2. The van der Waals surface area contributed by atoms with Gasteiger partial charge in [-0.15, -0.1) is 0 Å². The van der Waals surface area contributed by atoms with Crippen LogP contribution in [0.3, 0.4) is 0 Å². The monoisotopic (exact) mass is 239 g/mol. The zero-order chi connectivity index (χ0) is 12.5. The number of nitrogens with one attached hydrogen (secondary N) is 1. The number of anilines is 1. The standard InChI is InChI=1S/C13H21NO3/c1-11(10-13(15)17-9-8-16-2)14-12-6-4-3-5-7-12/h3-7,11,13-15H,8-10H2,1-2H3. The van der Waals surface area contributed by atoms with E-state index in [2.05, 4.69) is 5.32 Å². The van der Waals surface area contributed by atoms with Crippen molar-refractivity contribution in [1.82, 2.24) is 0 Å². The third-order valence-electron chi connectivity index (χ3n) is 2.34. The van der Waals surface area contributed by atoms with Gasteiger partial charge in [-0.2, -0.15) is 0 Å². The van der Waals surface area contributed by atoms with Crippen LogP contribution in [0.5, 0.6) is 0 Å². The summed E-state index contributed by atoms with van der Waals surface area (Å²) in [7, 11) is 1.61. The molecule has 0 aromatic heterocycles. The lowest BCUT2D eigenvalue weighted by Crippen LogP contribution is -2.25. The minimum Gasteiger partial charge on any atom is -0.382 e. The van der Waals surface area contributed by atoms with Crippen LogP contribution in [0.4, 0.5) is 5.69 Å². The lowest BCUT2D eigenvalue weighted by molar-refractivity contribution is -0.114. The van der Waals surface area contributed by atoms with Crippen LogP contribution < -0.4 is 5.32 Å². The number of methoxy groups -OCH3 is 1. The first-order valence-corrected chi connectivity index (χ1v) is 5.82. The van der Waals surface area contributed by atoms with Crippen LogP contribution in [0.1, 0.15) is 13.3 Å². The smallest absolute Gasteiger partial charge is 0.156 e. The maximum atomic E-state index is 9.61. The van der Waals surface area contributed by atoms with E-state index >= 15 is 0 Å². The molecule has 0 saturated carbocycles. The van der Waals surface area contributed by atoms with Crippen molar-refractivity contribution in [3.8, 4) is 0 Å². The number of para-hydroxylation sites is 1. The molecule has 4 nitrogen and oxygen atoms in total. The Bertz CT molecular complexity index is 292. The molecule has 0 radical (unpaired) electrons. The maximum absolute atomic E-state index is 9.61. The van der Waals surface area contributed by atoms with Crippen molar-refractivity contribution in [2.45, 2.75) is 25.7 Å². The Balaban J connectivity index is 2.22. The highest BCUT2D eigenvalue weighted by Gasteiger charge is 2.10. The zero-order valence-corrected chi connectivity index (χ0v) is 10.4. The first kappa shape index (κ1) is 14.0. The Kier molecular flexibility index (Phi) is 6.62. The van der Waals surface area contributed by atoms with Crippen LogP contribution >= 0.6 is 0 Å². The minimum atomic E-state index is -0.753. The molecular weight excluding hydrogens is 218 g/mol. The van der Waals surface area contributed by atoms with Gasteiger partial charge in [0.25, 0.3) is 0 Å². The average molecular weight is 239 g/mol. The van der Waals surface area contributed by atoms with Gasteiger partial charge in [0.15, 0.2) is 6.29 Å². The van der Waals surface area contributed by atoms with Crippen LogP contribution in [0.2, 0.25) is 0 Å². The molecule has 0 aliphatic heterocycles. The summed E-state index contributed by atoms with van der Waals surface area (Å²) in [6, 6.07) is 10.1. The molecule has 2 N–H and O–H groups in total. The molecule has 0 amide bonds. The number of rotatable bonds is 8. The summed E-state index contributed by atoms with van der Waals surface area (Å²) in [5.41, 5.74) is 1.05. The molecule has 1 aromatic rings. The number of ether oxygens (including phenoxy) is 2. The fraction of sp³-hybridized carbons (Fsp3) is 0.538. The molecule has 1 aromatic carbocycles. The van der Waals surface area contributed by atoms with E-state index in [0.29, 0.717) is 19.6 Å². The SMILES string of the molecule is COCCOC(O)CC(C)Nc1ccccc1. The van der Waals surface area contributed by atoms with Gasteiger partial charge in [-0.1, -0.05) is 18.2 Å². The topological polar surface area (TPSA) is 50.7 Å². The van der Waals surface area contributed by atoms with E-state index in [1.807, 2.05) is 37.3 Å². The molecule has 0 saturated heterocycles. The van der Waals surface area contributed by atoms with Crippen molar-refractivity contribution in [3.63, 3.8) is 0 Å². The van der Waals surface area contributed by atoms with E-state index in [0.717, 1.165) is 5.69 Å². The Morgan fingerprint density at radius 3 is 2.59 bits per heavy atom. The second-order valence-electron chi connectivity index (χ2n) is 3.97. The summed E-state index contributed by atoms with van der Waals surface area (Å²) in [6.45, 7) is 2.92. The summed E-state index contributed by atoms with van der Waals surface area (Å²) in [5, 5.41) is 12.9. The summed E-state index contributed by atoms with van der Waals surface area (Å²) in [6.07, 6.45) is -0.213. The van der Waals surface area contributed by atoms with Crippen molar-refractivity contribution in [2.75, 3.05) is 25.6 Å². The molecule has 1 rings (SSSR count). The quantitative estimate of drug-likeness (QED) is 0.537. The summed E-state index contributed by atoms with van der Waals surface area (Å²) in [4.78, 5) is 0. The van der Waals surface area contributed by atoms with Crippen LogP contribution in [-0.4, -0.2) is 37.8 Å². The van der Waals surface area contributed by atoms with Gasteiger partial charge in [0.1, 0.15) is 0 Å². The molecule has 0 fully saturated rings. The van der Waals surface area contributed by atoms with Crippen molar-refractivity contribution >= 4 is 5.69 Å². The summed E-state index contributed by atoms with van der Waals surface area (Å²) < 4.78 is 10.0. The molecular formula is C13H21NO3. The van der Waals surface area contributed by atoms with Crippen molar-refractivity contribution < 1.29 is 14.6 Å². The van der Waals surface area contributed by atoms with Gasteiger partial charge in [-0.25, -0.2) is 0 Å². The number of hydrogen-bond acceptors (Lipinski definition) is 4. The maximum Gasteiger partial charge on any atom is 0.156 e. The number of aliphatic hydroxyl groups excluding tert-OH is 1. The third kappa shape index (κ3) is 6.26. The normalized spacial score (nSPS) is 14.3. The Morgan fingerprint density at radius 1 is 1.24 bits per heavy atom. The molecule has 2 unspecified atom stereocenters. The second-order valence-corrected chi connectivity index (χ2v) is 3.97. The first-order valence-electron chi connectivity index (χ1n) is 5.82. The van der Waals surface area contributed by atoms with Gasteiger partial charge in [0, 0.05) is 25.3 Å². The zero-order valence-electron chi connectivity index (χ0n) is 10.4. The Morgan fingerprint density at radius 2 is 1.94 bits per heavy atom. The lowest BCUT2D eigenvalue weighted by Gasteiger charge is -2.19. The highest BCUT2D eigenvalue weighted by atomic mass is 16.6. The molecule has 17 heavy (non-hydrogen) atoms. The molecule has 0 spiro atoms. The highest BCUT2D eigenvalue weighted by molar-refractivity contribution is 5.43. The summed E-state index contributed by atoms with van der Waals surface area (Å²) in [5.74, 6) is 0. The molecule has 0 bridgehead atoms. The second kappa shape index (κ2) is 8.06. The minimum absolute atomic E-state index is 0.148. The van der Waals surface area contributed by atoms with Crippen LogP contribution in [0.15, 0.2) is 30.3 Å². The predicted molar refractivity (Wildman–Crippen MR) is 68.0 cm³/mol. The largest absolute Gasteiger partial charge is 0.382 e. The van der Waals surface area contributed by atoms with E-state index in [-0.39, 0.29) is 6.04 Å².